The maximum atomic E-state index is 10.00. The van der Waals surface area contributed by atoms with Gasteiger partial charge in [-0.2, -0.15) is 12.1 Å². The van der Waals surface area contributed by atoms with Crippen LogP contribution in [0.3, 0.4) is 0 Å². The zero-order valence-electron chi connectivity index (χ0n) is 52.6. The van der Waals surface area contributed by atoms with Gasteiger partial charge in [-0.05, 0) is 118 Å². The average Bonchev–Trinajstić information content (AvgIpc) is 1.53. The van der Waals surface area contributed by atoms with Gasteiger partial charge < -0.3 is 23.8 Å². The number of aromatic nitrogens is 2. The minimum absolute atomic E-state index is 0. The van der Waals surface area contributed by atoms with Crippen LogP contribution in [0.25, 0.3) is 61.0 Å². The molecule has 0 radical (unpaired) electrons. The third-order valence-electron chi connectivity index (χ3n) is 12.8. The molecule has 0 aliphatic carbocycles. The Bertz CT molecular complexity index is 4370. The number of rotatable bonds is 1. The van der Waals surface area contributed by atoms with Crippen LogP contribution in [-0.4, -0.2) is 9.55 Å². The quantitative estimate of drug-likeness (QED) is 0.153. The van der Waals surface area contributed by atoms with Gasteiger partial charge in [0.2, 0.25) is 0 Å². The van der Waals surface area contributed by atoms with Crippen LogP contribution >= 0.6 is 0 Å². The van der Waals surface area contributed by atoms with Crippen molar-refractivity contribution >= 4 is 44.6 Å². The van der Waals surface area contributed by atoms with Crippen LogP contribution in [0, 0.1) is 32.5 Å². The maximum absolute atomic E-state index is 10.00. The van der Waals surface area contributed by atoms with Gasteiger partial charge in [0, 0.05) is 91.8 Å². The second-order valence-electron chi connectivity index (χ2n) is 19.6. The summed E-state index contributed by atoms with van der Waals surface area (Å²) >= 11 is 0. The molecule has 0 amide bonds. The average molecular weight is 1120 g/mol. The summed E-state index contributed by atoms with van der Waals surface area (Å²) in [5.74, 6) is 1.09. The number of pyridine rings is 1. The molecule has 13 rings (SSSR count). The van der Waals surface area contributed by atoms with Crippen molar-refractivity contribution in [2.45, 2.75) is 66.1 Å². The first-order valence-corrected chi connectivity index (χ1v) is 23.0. The Morgan fingerprint density at radius 3 is 2.21 bits per heavy atom. The number of hydrogen-bond donors (Lipinski definition) is 0. The number of benzene rings is 8. The summed E-state index contributed by atoms with van der Waals surface area (Å²) in [5, 5.41) is 0.378. The standard InChI is InChI=1S/C64H53N4O2.Pt/c1-40-26-28-50-51-29-27-49-37-59(51)68(58(50)30-40)61-31-41(2)55(38-65-61)43-17-14-20-47(33-43)70-60-25-12-9-22-52(60)54-35-45(64(6,7)8)34-53(42-16-13-18-44(32-42)63(3,4)5)62(54)67-39-66(56-23-10-11-24-57(56)67)46-19-15-21-48(36-46)69-49;/h9-35,38-39H,1-8H3;/q-3;/i1D3,2D3,13D,16D,18D,26D,28D,30D,32D;. The van der Waals surface area contributed by atoms with E-state index in [1.165, 1.54) is 16.8 Å². The van der Waals surface area contributed by atoms with E-state index in [-0.39, 0.29) is 95.7 Å². The Hall–Kier alpha value is -7.40. The first-order valence-electron chi connectivity index (χ1n) is 29.5. The van der Waals surface area contributed by atoms with Gasteiger partial charge in [-0.3, -0.25) is 0 Å². The molecule has 0 spiro atoms. The summed E-state index contributed by atoms with van der Waals surface area (Å²) in [6.07, 6.45) is 1.40. The number of hydrogen-bond acceptors (Lipinski definition) is 5. The van der Waals surface area contributed by atoms with Crippen molar-refractivity contribution in [2.24, 2.45) is 0 Å². The van der Waals surface area contributed by atoms with E-state index in [2.05, 4.69) is 39.0 Å². The van der Waals surface area contributed by atoms with E-state index in [0.717, 1.165) is 11.3 Å². The van der Waals surface area contributed by atoms with Crippen LogP contribution in [0.5, 0.6) is 23.0 Å². The van der Waals surface area contributed by atoms with Crippen molar-refractivity contribution in [2.75, 3.05) is 9.80 Å². The van der Waals surface area contributed by atoms with Gasteiger partial charge in [0.1, 0.15) is 17.3 Å². The van der Waals surface area contributed by atoms with E-state index in [1.54, 1.807) is 48.5 Å². The number of nitrogens with zero attached hydrogens (tertiary/aromatic N) is 4. The molecular formula is C64H53N4O2Pt-3. The Labute approximate surface area is 449 Å². The van der Waals surface area contributed by atoms with Crippen molar-refractivity contribution in [3.63, 3.8) is 0 Å². The molecule has 10 aromatic rings. The maximum Gasteiger partial charge on any atom is 0.135 e. The summed E-state index contributed by atoms with van der Waals surface area (Å²) in [6, 6.07) is 40.5. The minimum Gasteiger partial charge on any atom is -0.509 e. The van der Waals surface area contributed by atoms with Crippen molar-refractivity contribution in [1.29, 1.82) is 0 Å². The molecule has 7 heteroatoms. The van der Waals surface area contributed by atoms with E-state index in [9.17, 15) is 6.85 Å². The Morgan fingerprint density at radius 2 is 1.39 bits per heavy atom. The molecule has 0 saturated carbocycles. The molecule has 0 N–H and O–H groups in total. The molecule has 3 aliphatic rings. The predicted molar refractivity (Wildman–Crippen MR) is 287 cm³/mol. The molecule has 2 aromatic heterocycles. The fourth-order valence-corrected chi connectivity index (χ4v) is 9.24. The molecule has 6 nitrogen and oxygen atoms in total. The van der Waals surface area contributed by atoms with Gasteiger partial charge in [0.25, 0.3) is 0 Å². The number of fused-ring (bicyclic) bond motifs is 5. The molecule has 0 saturated heterocycles. The predicted octanol–water partition coefficient (Wildman–Crippen LogP) is 17.3. The summed E-state index contributed by atoms with van der Waals surface area (Å²) in [4.78, 5) is 8.78. The van der Waals surface area contributed by atoms with Gasteiger partial charge in [-0.15, -0.1) is 48.1 Å². The minimum atomic E-state index is -2.97. The Morgan fingerprint density at radius 1 is 0.620 bits per heavy atom. The fourth-order valence-electron chi connectivity index (χ4n) is 9.24. The Kier molecular flexibility index (Phi) is 8.18. The van der Waals surface area contributed by atoms with Gasteiger partial charge in [0.15, 0.2) is 0 Å². The van der Waals surface area contributed by atoms with Crippen LogP contribution < -0.4 is 19.3 Å². The number of aryl methyl sites for hydroxylation is 1. The largest absolute Gasteiger partial charge is 0.509 e. The zero-order chi connectivity index (χ0) is 59.1. The molecule has 354 valence electrons. The van der Waals surface area contributed by atoms with Crippen molar-refractivity contribution in [3.05, 3.63) is 211 Å². The van der Waals surface area contributed by atoms with Crippen LogP contribution in [0.2, 0.25) is 0 Å². The first kappa shape index (κ1) is 33.2. The topological polar surface area (TPSA) is 42.8 Å². The molecule has 3 aliphatic heterocycles. The number of anilines is 4. The smallest absolute Gasteiger partial charge is 0.135 e. The third-order valence-corrected chi connectivity index (χ3v) is 12.8. The van der Waals surface area contributed by atoms with Gasteiger partial charge >= 0.3 is 0 Å². The van der Waals surface area contributed by atoms with Crippen molar-refractivity contribution < 1.29 is 48.4 Å². The molecule has 8 aromatic carbocycles. The van der Waals surface area contributed by atoms with Crippen molar-refractivity contribution in [3.8, 4) is 62.2 Å². The van der Waals surface area contributed by atoms with Crippen LogP contribution in [0.1, 0.15) is 81.6 Å². The molecule has 0 unspecified atom stereocenters. The monoisotopic (exact) mass is 1120 g/mol. The Balaban J connectivity index is 0.00000736. The van der Waals surface area contributed by atoms with E-state index >= 15 is 0 Å². The zero-order valence-corrected chi connectivity index (χ0v) is 41.9. The molecule has 71 heavy (non-hydrogen) atoms. The van der Waals surface area contributed by atoms with Crippen LogP contribution in [-0.2, 0) is 31.9 Å². The van der Waals surface area contributed by atoms with E-state index in [0.29, 0.717) is 61.8 Å². The molecule has 10 bridgehead atoms. The van der Waals surface area contributed by atoms with Crippen LogP contribution in [0.15, 0.2) is 170 Å². The normalized spacial score (nSPS) is 16.1. The molecule has 5 heterocycles. The van der Waals surface area contributed by atoms with E-state index in [4.69, 9.17) is 25.4 Å². The summed E-state index contributed by atoms with van der Waals surface area (Å²) in [5.41, 5.74) is 4.29. The van der Waals surface area contributed by atoms with Gasteiger partial charge in [-0.1, -0.05) is 126 Å². The van der Waals surface area contributed by atoms with E-state index in [1.807, 2.05) is 97.9 Å². The second kappa shape index (κ2) is 17.5. The summed E-state index contributed by atoms with van der Waals surface area (Å²) in [6.45, 7) is 8.10. The van der Waals surface area contributed by atoms with E-state index < -0.39 is 48.2 Å². The summed E-state index contributed by atoms with van der Waals surface area (Å²) < 4.78 is 132. The third kappa shape index (κ3) is 8.18. The SMILES string of the molecule is [2H]c1c([2H])c(-c2cc(C(C)(C)C)cc3c2N2[CH-]N(c4[c-]c(ccc4)Oc4[c-]c5c(cc4)c4c([2H])c([2H])c(C([2H])([2H])[2H])c([2H])c4n5-c4cc(C([2H])([2H])[2H])c(cn4)-c4cccc(c4)Oc4ccccc4-3)c3ccccc32)c([2H])c(C(C)(C)C)c1[2H].[Pt]. The van der Waals surface area contributed by atoms with Crippen molar-refractivity contribution in [1.82, 2.24) is 9.55 Å². The van der Waals surface area contributed by atoms with Crippen LogP contribution in [0.4, 0.5) is 22.7 Å². The number of para-hydroxylation sites is 3. The van der Waals surface area contributed by atoms with Gasteiger partial charge in [0.05, 0.1) is 9.60 Å². The summed E-state index contributed by atoms with van der Waals surface area (Å²) in [7, 11) is 0. The number of ether oxygens (including phenoxy) is 2. The fraction of sp³-hybridized carbons (Fsp3) is 0.156. The molecule has 0 atom stereocenters. The molecular weight excluding hydrogens is 1050 g/mol. The second-order valence-corrected chi connectivity index (χ2v) is 19.6. The first-order chi connectivity index (χ1) is 39.1. The molecule has 0 fully saturated rings. The van der Waals surface area contributed by atoms with Gasteiger partial charge in [-0.25, -0.2) is 4.98 Å².